The number of carbonyl (C=O) groups is 1. The zero-order valence-corrected chi connectivity index (χ0v) is 9.65. The Hall–Kier alpha value is -1.78. The van der Waals surface area contributed by atoms with Crippen LogP contribution in [-0.4, -0.2) is 15.6 Å². The molecule has 0 fully saturated rings. The van der Waals surface area contributed by atoms with Crippen molar-refractivity contribution in [2.24, 2.45) is 5.41 Å². The van der Waals surface area contributed by atoms with Gasteiger partial charge in [0, 0.05) is 18.8 Å². The van der Waals surface area contributed by atoms with E-state index in [-0.39, 0.29) is 12.1 Å². The average Bonchev–Trinajstić information content (AvgIpc) is 2.13. The molecule has 0 unspecified atom stereocenters. The molecule has 5 nitrogen and oxygen atoms in total. The van der Waals surface area contributed by atoms with E-state index in [1.807, 2.05) is 0 Å². The van der Waals surface area contributed by atoms with E-state index in [4.69, 9.17) is 10.8 Å². The van der Waals surface area contributed by atoms with Crippen LogP contribution in [0, 0.1) is 12.3 Å². The Labute approximate surface area is 93.5 Å². The predicted octanol–water partition coefficient (Wildman–Crippen LogP) is 0.850. The van der Waals surface area contributed by atoms with Crippen molar-refractivity contribution in [3.05, 3.63) is 28.2 Å². The average molecular weight is 224 g/mol. The van der Waals surface area contributed by atoms with Gasteiger partial charge in [-0.2, -0.15) is 0 Å². The van der Waals surface area contributed by atoms with Crippen molar-refractivity contribution in [1.29, 1.82) is 0 Å². The highest BCUT2D eigenvalue weighted by Crippen LogP contribution is 2.18. The van der Waals surface area contributed by atoms with Gasteiger partial charge in [-0.05, 0) is 26.3 Å². The molecule has 0 aliphatic carbocycles. The molecule has 0 aliphatic rings. The van der Waals surface area contributed by atoms with Crippen molar-refractivity contribution < 1.29 is 9.90 Å². The fraction of sp³-hybridized carbons (Fsp3) is 0.455. The molecule has 0 aliphatic heterocycles. The largest absolute Gasteiger partial charge is 0.481 e. The molecule has 0 saturated heterocycles. The number of anilines is 1. The van der Waals surface area contributed by atoms with E-state index in [1.54, 1.807) is 20.8 Å². The van der Waals surface area contributed by atoms with Gasteiger partial charge in [0.2, 0.25) is 0 Å². The molecule has 0 amide bonds. The number of carboxylic acid groups (broad SMARTS) is 1. The van der Waals surface area contributed by atoms with E-state index in [0.717, 1.165) is 0 Å². The number of aromatic nitrogens is 1. The highest BCUT2D eigenvalue weighted by atomic mass is 16.4. The second-order valence-electron chi connectivity index (χ2n) is 4.57. The van der Waals surface area contributed by atoms with Gasteiger partial charge in [0.15, 0.2) is 0 Å². The summed E-state index contributed by atoms with van der Waals surface area (Å²) in [5, 5.41) is 8.97. The summed E-state index contributed by atoms with van der Waals surface area (Å²) in [7, 11) is 0. The lowest BCUT2D eigenvalue weighted by atomic mass is 9.94. The van der Waals surface area contributed by atoms with Crippen molar-refractivity contribution in [3.63, 3.8) is 0 Å². The first-order chi connectivity index (χ1) is 7.24. The van der Waals surface area contributed by atoms with Gasteiger partial charge in [-0.3, -0.25) is 9.59 Å². The van der Waals surface area contributed by atoms with Crippen LogP contribution in [0.2, 0.25) is 0 Å². The number of aryl methyl sites for hydroxylation is 1. The van der Waals surface area contributed by atoms with Crippen molar-refractivity contribution in [1.82, 2.24) is 4.57 Å². The Morgan fingerprint density at radius 3 is 2.62 bits per heavy atom. The Morgan fingerprint density at radius 1 is 1.56 bits per heavy atom. The number of nitrogen functional groups attached to an aromatic ring is 1. The van der Waals surface area contributed by atoms with Crippen molar-refractivity contribution >= 4 is 11.7 Å². The normalized spacial score (nSPS) is 11.4. The number of nitrogens with zero attached hydrogens (tertiary/aromatic N) is 1. The van der Waals surface area contributed by atoms with Crippen LogP contribution < -0.4 is 11.3 Å². The van der Waals surface area contributed by atoms with E-state index in [1.165, 1.54) is 16.8 Å². The maximum atomic E-state index is 11.6. The summed E-state index contributed by atoms with van der Waals surface area (Å²) in [5.74, 6) is -0.946. The molecule has 88 valence electrons. The number of hydrogen-bond acceptors (Lipinski definition) is 3. The van der Waals surface area contributed by atoms with Crippen LogP contribution in [-0.2, 0) is 11.3 Å². The molecule has 0 spiro atoms. The van der Waals surface area contributed by atoms with Crippen LogP contribution >= 0.6 is 0 Å². The summed E-state index contributed by atoms with van der Waals surface area (Å²) < 4.78 is 1.33. The Bertz CT molecular complexity index is 475. The van der Waals surface area contributed by atoms with Gasteiger partial charge in [0.25, 0.3) is 5.56 Å². The fourth-order valence-corrected chi connectivity index (χ4v) is 1.30. The minimum atomic E-state index is -0.995. The Kier molecular flexibility index (Phi) is 3.07. The summed E-state index contributed by atoms with van der Waals surface area (Å²) in [4.78, 5) is 22.5. The topological polar surface area (TPSA) is 85.3 Å². The minimum Gasteiger partial charge on any atom is -0.481 e. The molecule has 0 radical (unpaired) electrons. The third-order valence-corrected chi connectivity index (χ3v) is 2.52. The van der Waals surface area contributed by atoms with E-state index < -0.39 is 11.4 Å². The van der Waals surface area contributed by atoms with Gasteiger partial charge >= 0.3 is 5.97 Å². The number of nitrogens with two attached hydrogens (primary N) is 1. The molecular weight excluding hydrogens is 208 g/mol. The van der Waals surface area contributed by atoms with Gasteiger partial charge in [0.05, 0.1) is 11.1 Å². The van der Waals surface area contributed by atoms with Crippen LogP contribution in [0.4, 0.5) is 5.69 Å². The summed E-state index contributed by atoms with van der Waals surface area (Å²) in [6.45, 7) is 4.98. The van der Waals surface area contributed by atoms with Gasteiger partial charge < -0.3 is 15.4 Å². The van der Waals surface area contributed by atoms with Gasteiger partial charge in [-0.1, -0.05) is 0 Å². The maximum absolute atomic E-state index is 11.6. The van der Waals surface area contributed by atoms with Crippen LogP contribution in [0.3, 0.4) is 0 Å². The molecule has 5 heteroatoms. The van der Waals surface area contributed by atoms with Crippen molar-refractivity contribution in [2.45, 2.75) is 27.3 Å². The lowest BCUT2D eigenvalue weighted by Crippen LogP contribution is -2.34. The lowest BCUT2D eigenvalue weighted by Gasteiger charge is -2.20. The van der Waals surface area contributed by atoms with Crippen LogP contribution in [0.5, 0.6) is 0 Å². The first-order valence-electron chi connectivity index (χ1n) is 4.94. The third kappa shape index (κ3) is 2.42. The fourth-order valence-electron chi connectivity index (χ4n) is 1.30. The smallest absolute Gasteiger partial charge is 0.310 e. The Morgan fingerprint density at radius 2 is 2.12 bits per heavy atom. The minimum absolute atomic E-state index is 0.103. The number of carboxylic acids is 1. The molecule has 1 aromatic rings. The monoisotopic (exact) mass is 224 g/mol. The number of aliphatic carboxylic acids is 1. The summed E-state index contributed by atoms with van der Waals surface area (Å²) in [6.07, 6.45) is 1.49. The molecule has 1 rings (SSSR count). The lowest BCUT2D eigenvalue weighted by molar-refractivity contribution is -0.147. The quantitative estimate of drug-likeness (QED) is 0.797. The zero-order chi connectivity index (χ0) is 12.5. The molecule has 1 heterocycles. The standard InChI is InChI=1S/C11H16N2O3/c1-7-4-9(14)13(5-8(7)12)6-11(2,3)10(15)16/h4-5H,6,12H2,1-3H3,(H,15,16). The molecular formula is C11H16N2O3. The second kappa shape index (κ2) is 4.00. The van der Waals surface area contributed by atoms with Gasteiger partial charge in [0.1, 0.15) is 0 Å². The van der Waals surface area contributed by atoms with Crippen LogP contribution in [0.15, 0.2) is 17.1 Å². The molecule has 0 bridgehead atoms. The molecule has 0 saturated carbocycles. The number of hydrogen-bond donors (Lipinski definition) is 2. The zero-order valence-electron chi connectivity index (χ0n) is 9.65. The van der Waals surface area contributed by atoms with Crippen molar-refractivity contribution in [2.75, 3.05) is 5.73 Å². The van der Waals surface area contributed by atoms with Gasteiger partial charge in [-0.15, -0.1) is 0 Å². The van der Waals surface area contributed by atoms with E-state index >= 15 is 0 Å². The summed E-state index contributed by atoms with van der Waals surface area (Å²) in [6, 6.07) is 1.41. The SMILES string of the molecule is Cc1cc(=O)n(CC(C)(C)C(=O)O)cc1N. The first-order valence-corrected chi connectivity index (χ1v) is 4.94. The highest BCUT2D eigenvalue weighted by molar-refractivity contribution is 5.73. The molecule has 16 heavy (non-hydrogen) atoms. The predicted molar refractivity (Wildman–Crippen MR) is 61.3 cm³/mol. The second-order valence-corrected chi connectivity index (χ2v) is 4.57. The van der Waals surface area contributed by atoms with Crippen LogP contribution in [0.1, 0.15) is 19.4 Å². The van der Waals surface area contributed by atoms with E-state index in [2.05, 4.69) is 0 Å². The summed E-state index contributed by atoms with van der Waals surface area (Å²) >= 11 is 0. The molecule has 0 aromatic carbocycles. The highest BCUT2D eigenvalue weighted by Gasteiger charge is 2.28. The van der Waals surface area contributed by atoms with E-state index in [0.29, 0.717) is 11.3 Å². The third-order valence-electron chi connectivity index (χ3n) is 2.52. The Balaban J connectivity index is 3.12. The molecule has 3 N–H and O–H groups in total. The number of pyridine rings is 1. The maximum Gasteiger partial charge on any atom is 0.310 e. The number of rotatable bonds is 3. The van der Waals surface area contributed by atoms with Gasteiger partial charge in [-0.25, -0.2) is 0 Å². The molecule has 1 aromatic heterocycles. The molecule has 0 atom stereocenters. The van der Waals surface area contributed by atoms with Crippen LogP contribution in [0.25, 0.3) is 0 Å². The summed E-state index contributed by atoms with van der Waals surface area (Å²) in [5.41, 5.74) is 5.64. The van der Waals surface area contributed by atoms with E-state index in [9.17, 15) is 9.59 Å². The van der Waals surface area contributed by atoms with Crippen molar-refractivity contribution in [3.8, 4) is 0 Å². The first kappa shape index (κ1) is 12.3.